The number of hydrogen-bond acceptors (Lipinski definition) is 7. The van der Waals surface area contributed by atoms with Crippen molar-refractivity contribution in [1.82, 2.24) is 4.90 Å². The molecule has 1 unspecified atom stereocenters. The Kier molecular flexibility index (Phi) is 7.52. The molecule has 4 aromatic rings. The predicted molar refractivity (Wildman–Crippen MR) is 161 cm³/mol. The van der Waals surface area contributed by atoms with E-state index < -0.39 is 12.1 Å². The Bertz CT molecular complexity index is 1500. The first kappa shape index (κ1) is 26.4. The third-order valence-electron chi connectivity index (χ3n) is 7.79. The fourth-order valence-electron chi connectivity index (χ4n) is 5.29. The number of esters is 1. The number of likely N-dealkylation sites (N-methyl/N-ethyl adjacent to an activating group) is 1. The molecule has 2 heterocycles. The molecule has 0 spiro atoms. The lowest BCUT2D eigenvalue weighted by Crippen LogP contribution is -2.44. The quantitative estimate of drug-likeness (QED) is 0.186. The highest BCUT2D eigenvalue weighted by Crippen LogP contribution is 2.51. The Morgan fingerprint density at radius 3 is 2.30 bits per heavy atom. The van der Waals surface area contributed by atoms with E-state index in [9.17, 15) is 9.90 Å². The van der Waals surface area contributed by atoms with Crippen LogP contribution in [-0.2, 0) is 4.79 Å². The van der Waals surface area contributed by atoms with Gasteiger partial charge < -0.3 is 25.0 Å². The molecule has 6 nitrogen and oxygen atoms in total. The Hall–Kier alpha value is -3.78. The van der Waals surface area contributed by atoms with E-state index in [2.05, 4.69) is 65.5 Å². The number of carbonyl (C=O) groups excluding carboxylic acids is 1. The van der Waals surface area contributed by atoms with Crippen molar-refractivity contribution in [2.45, 2.75) is 28.7 Å². The molecule has 2 N–H and O–H groups in total. The molecular weight excluding hydrogens is 518 g/mol. The number of rotatable bonds is 6. The SMILES string of the molecule is CC(c1ccc(N2CCN(C)CC2)cc1)c1ccc2c(c1OC(=O)[C@H](O)c1ccccc1)Nc1ccccc1S2. The van der Waals surface area contributed by atoms with Crippen LogP contribution in [0.15, 0.2) is 101 Å². The normalized spacial score (nSPS) is 16.3. The number of aliphatic hydroxyl groups is 1. The summed E-state index contributed by atoms with van der Waals surface area (Å²) in [6.07, 6.45) is -1.38. The summed E-state index contributed by atoms with van der Waals surface area (Å²) in [5, 5.41) is 14.3. The van der Waals surface area contributed by atoms with Crippen molar-refractivity contribution >= 4 is 34.8 Å². The van der Waals surface area contributed by atoms with Crippen LogP contribution in [0.3, 0.4) is 0 Å². The van der Waals surface area contributed by atoms with Crippen molar-refractivity contribution in [3.05, 3.63) is 108 Å². The molecule has 4 aromatic carbocycles. The van der Waals surface area contributed by atoms with E-state index in [0.29, 0.717) is 11.3 Å². The van der Waals surface area contributed by atoms with Gasteiger partial charge in [0, 0.05) is 53.1 Å². The van der Waals surface area contributed by atoms with Crippen molar-refractivity contribution in [1.29, 1.82) is 0 Å². The molecule has 1 fully saturated rings. The Labute approximate surface area is 239 Å². The maximum absolute atomic E-state index is 13.3. The monoisotopic (exact) mass is 551 g/mol. The average Bonchev–Trinajstić information content (AvgIpc) is 3.00. The maximum atomic E-state index is 13.3. The van der Waals surface area contributed by atoms with Gasteiger partial charge in [0.1, 0.15) is 0 Å². The minimum Gasteiger partial charge on any atom is -0.422 e. The van der Waals surface area contributed by atoms with Gasteiger partial charge >= 0.3 is 5.97 Å². The molecule has 0 bridgehead atoms. The van der Waals surface area contributed by atoms with E-state index in [1.54, 1.807) is 36.0 Å². The molecule has 1 saturated heterocycles. The second kappa shape index (κ2) is 11.4. The summed E-state index contributed by atoms with van der Waals surface area (Å²) < 4.78 is 6.07. The summed E-state index contributed by atoms with van der Waals surface area (Å²) in [4.78, 5) is 20.1. The van der Waals surface area contributed by atoms with E-state index in [-0.39, 0.29) is 5.92 Å². The van der Waals surface area contributed by atoms with Gasteiger partial charge in [-0.2, -0.15) is 0 Å². The second-order valence-corrected chi connectivity index (χ2v) is 11.5. The third-order valence-corrected chi connectivity index (χ3v) is 8.92. The lowest BCUT2D eigenvalue weighted by Gasteiger charge is -2.34. The van der Waals surface area contributed by atoms with Crippen LogP contribution >= 0.6 is 11.8 Å². The van der Waals surface area contributed by atoms with Gasteiger partial charge in [0.2, 0.25) is 0 Å². The van der Waals surface area contributed by atoms with Crippen LogP contribution in [-0.4, -0.2) is 49.2 Å². The molecule has 0 aliphatic carbocycles. The molecule has 2 aliphatic heterocycles. The van der Waals surface area contributed by atoms with Crippen molar-refractivity contribution in [3.8, 4) is 5.75 Å². The average molecular weight is 552 g/mol. The van der Waals surface area contributed by atoms with Gasteiger partial charge in [-0.25, -0.2) is 4.79 Å². The fourth-order valence-corrected chi connectivity index (χ4v) is 6.29. The number of hydrogen-bond donors (Lipinski definition) is 2. The third kappa shape index (κ3) is 5.32. The van der Waals surface area contributed by atoms with Crippen molar-refractivity contribution < 1.29 is 14.6 Å². The smallest absolute Gasteiger partial charge is 0.345 e. The number of para-hydroxylation sites is 1. The van der Waals surface area contributed by atoms with Crippen LogP contribution in [0.4, 0.5) is 17.1 Å². The summed E-state index contributed by atoms with van der Waals surface area (Å²) in [6.45, 7) is 6.28. The molecule has 2 aliphatic rings. The van der Waals surface area contributed by atoms with Gasteiger partial charge in [0.05, 0.1) is 11.4 Å². The molecule has 0 radical (unpaired) electrons. The number of nitrogens with zero attached hydrogens (tertiary/aromatic N) is 2. The molecule has 2 atom stereocenters. The first-order valence-electron chi connectivity index (χ1n) is 13.7. The van der Waals surface area contributed by atoms with Crippen LogP contribution in [0.2, 0.25) is 0 Å². The summed E-state index contributed by atoms with van der Waals surface area (Å²) in [5.74, 6) is -0.299. The molecule has 204 valence electrons. The second-order valence-electron chi connectivity index (χ2n) is 10.4. The summed E-state index contributed by atoms with van der Waals surface area (Å²) in [7, 11) is 2.16. The van der Waals surface area contributed by atoms with Crippen LogP contribution in [0.5, 0.6) is 5.75 Å². The largest absolute Gasteiger partial charge is 0.422 e. The van der Waals surface area contributed by atoms with Gasteiger partial charge in [-0.3, -0.25) is 0 Å². The standard InChI is InChI=1S/C33H33N3O3S/c1-22(23-12-14-25(15-13-23)36-20-18-35(2)19-21-36)26-16-17-29-30(34-27-10-6-7-11-28(27)40-29)32(26)39-33(38)31(37)24-8-4-3-5-9-24/h3-17,22,31,34,37H,18-21H2,1-2H3/t22?,31-/m1/s1. The molecule has 6 rings (SSSR count). The van der Waals surface area contributed by atoms with Crippen molar-refractivity contribution in [3.63, 3.8) is 0 Å². The number of nitrogens with one attached hydrogen (secondary N) is 1. The van der Waals surface area contributed by atoms with Gasteiger partial charge in [-0.15, -0.1) is 0 Å². The molecular formula is C33H33N3O3S. The number of benzene rings is 4. The first-order valence-corrected chi connectivity index (χ1v) is 14.5. The maximum Gasteiger partial charge on any atom is 0.345 e. The number of aliphatic hydroxyl groups excluding tert-OH is 1. The predicted octanol–water partition coefficient (Wildman–Crippen LogP) is 6.44. The topological polar surface area (TPSA) is 65.0 Å². The Morgan fingerprint density at radius 2 is 1.55 bits per heavy atom. The molecule has 7 heteroatoms. The Balaban J connectivity index is 1.33. The van der Waals surface area contributed by atoms with E-state index >= 15 is 0 Å². The van der Waals surface area contributed by atoms with Gasteiger partial charge in [-0.1, -0.05) is 79.3 Å². The number of piperazine rings is 1. The summed E-state index contributed by atoms with van der Waals surface area (Å²) in [5.41, 5.74) is 5.44. The molecule has 0 saturated carbocycles. The summed E-state index contributed by atoms with van der Waals surface area (Å²) in [6, 6.07) is 29.8. The Morgan fingerprint density at radius 1 is 0.850 bits per heavy atom. The number of fused-ring (bicyclic) bond motifs is 2. The van der Waals surface area contributed by atoms with E-state index in [4.69, 9.17) is 4.74 Å². The number of carbonyl (C=O) groups is 1. The molecule has 0 aromatic heterocycles. The molecule has 40 heavy (non-hydrogen) atoms. The minimum absolute atomic E-state index is 0.0486. The highest BCUT2D eigenvalue weighted by Gasteiger charge is 2.28. The number of anilines is 3. The highest BCUT2D eigenvalue weighted by atomic mass is 32.2. The zero-order valence-corrected chi connectivity index (χ0v) is 23.5. The number of ether oxygens (including phenoxy) is 1. The fraction of sp³-hybridized carbons (Fsp3) is 0.242. The van der Waals surface area contributed by atoms with Gasteiger partial charge in [0.15, 0.2) is 11.9 Å². The van der Waals surface area contributed by atoms with Crippen molar-refractivity contribution in [2.75, 3.05) is 43.4 Å². The minimum atomic E-state index is -1.38. The van der Waals surface area contributed by atoms with E-state index in [1.165, 1.54) is 5.69 Å². The van der Waals surface area contributed by atoms with Crippen LogP contribution in [0.1, 0.15) is 35.6 Å². The molecule has 0 amide bonds. The van der Waals surface area contributed by atoms with Gasteiger partial charge in [0.25, 0.3) is 0 Å². The van der Waals surface area contributed by atoms with E-state index in [0.717, 1.165) is 58.5 Å². The van der Waals surface area contributed by atoms with E-state index in [1.807, 2.05) is 30.3 Å². The van der Waals surface area contributed by atoms with Crippen LogP contribution in [0, 0.1) is 0 Å². The van der Waals surface area contributed by atoms with Gasteiger partial charge in [-0.05, 0) is 48.5 Å². The zero-order valence-electron chi connectivity index (χ0n) is 22.7. The van der Waals surface area contributed by atoms with Crippen molar-refractivity contribution in [2.24, 2.45) is 0 Å². The zero-order chi connectivity index (χ0) is 27.6. The highest BCUT2D eigenvalue weighted by molar-refractivity contribution is 7.99. The summed E-state index contributed by atoms with van der Waals surface area (Å²) >= 11 is 1.64. The lowest BCUT2D eigenvalue weighted by molar-refractivity contribution is -0.144. The lowest BCUT2D eigenvalue weighted by atomic mass is 9.91. The van der Waals surface area contributed by atoms with Crippen LogP contribution in [0.25, 0.3) is 0 Å². The van der Waals surface area contributed by atoms with Crippen LogP contribution < -0.4 is 15.0 Å². The first-order chi connectivity index (χ1) is 19.5.